The molecule has 0 aliphatic carbocycles. The topological polar surface area (TPSA) is 55.6 Å². The van der Waals surface area contributed by atoms with E-state index in [1.807, 2.05) is 24.0 Å². The highest BCUT2D eigenvalue weighted by molar-refractivity contribution is 7.09. The van der Waals surface area contributed by atoms with Gasteiger partial charge in [-0.05, 0) is 0 Å². The van der Waals surface area contributed by atoms with Gasteiger partial charge in [-0.25, -0.2) is 9.97 Å². The number of imidazole rings is 1. The fourth-order valence-corrected chi connectivity index (χ4v) is 2.19. The molecule has 0 radical (unpaired) electrons. The molecule has 6 heteroatoms. The smallest absolute Gasteiger partial charge is 0.202 e. The van der Waals surface area contributed by atoms with Crippen molar-refractivity contribution in [2.24, 2.45) is 7.05 Å². The van der Waals surface area contributed by atoms with Gasteiger partial charge < -0.3 is 9.88 Å². The quantitative estimate of drug-likeness (QED) is 0.883. The standard InChI is InChI=1S/C11H17N5S/c1-8(2)10-14-11(17-15-10)13-5-4-9-12-6-7-16(9)3/h6-8H,4-5H2,1-3H3,(H,13,14,15). The summed E-state index contributed by atoms with van der Waals surface area (Å²) in [7, 11) is 2.00. The normalized spacial score (nSPS) is 11.1. The molecular formula is C11H17N5S. The Hall–Kier alpha value is -1.43. The minimum absolute atomic E-state index is 0.386. The van der Waals surface area contributed by atoms with Gasteiger partial charge >= 0.3 is 0 Å². The first-order valence-corrected chi connectivity index (χ1v) is 6.48. The number of nitrogens with one attached hydrogen (secondary N) is 1. The Labute approximate surface area is 105 Å². The van der Waals surface area contributed by atoms with Crippen molar-refractivity contribution in [3.8, 4) is 0 Å². The average molecular weight is 251 g/mol. The van der Waals surface area contributed by atoms with Crippen LogP contribution in [0.2, 0.25) is 0 Å². The van der Waals surface area contributed by atoms with Gasteiger partial charge in [-0.1, -0.05) is 13.8 Å². The first-order chi connectivity index (χ1) is 8.16. The fourth-order valence-electron chi connectivity index (χ4n) is 1.46. The van der Waals surface area contributed by atoms with Gasteiger partial charge in [-0.2, -0.15) is 4.37 Å². The van der Waals surface area contributed by atoms with Crippen LogP contribution in [0.25, 0.3) is 0 Å². The summed E-state index contributed by atoms with van der Waals surface area (Å²) >= 11 is 1.42. The van der Waals surface area contributed by atoms with Crippen LogP contribution in [0.4, 0.5) is 5.13 Å². The van der Waals surface area contributed by atoms with Crippen LogP contribution >= 0.6 is 11.5 Å². The summed E-state index contributed by atoms with van der Waals surface area (Å²) in [4.78, 5) is 8.69. The Morgan fingerprint density at radius 1 is 1.47 bits per heavy atom. The zero-order chi connectivity index (χ0) is 12.3. The maximum Gasteiger partial charge on any atom is 0.202 e. The number of nitrogens with zero attached hydrogens (tertiary/aromatic N) is 4. The fraction of sp³-hybridized carbons (Fsp3) is 0.545. The molecule has 0 aliphatic heterocycles. The number of anilines is 1. The van der Waals surface area contributed by atoms with Crippen molar-refractivity contribution in [1.82, 2.24) is 18.9 Å². The van der Waals surface area contributed by atoms with Gasteiger partial charge in [0.2, 0.25) is 5.13 Å². The Kier molecular flexibility index (Phi) is 3.73. The molecule has 0 saturated heterocycles. The van der Waals surface area contributed by atoms with Gasteiger partial charge in [0, 0.05) is 49.9 Å². The van der Waals surface area contributed by atoms with Crippen LogP contribution in [-0.4, -0.2) is 25.5 Å². The molecule has 0 unspecified atom stereocenters. The summed E-state index contributed by atoms with van der Waals surface area (Å²) < 4.78 is 6.33. The molecule has 0 fully saturated rings. The monoisotopic (exact) mass is 251 g/mol. The number of hydrogen-bond donors (Lipinski definition) is 1. The third-order valence-corrected chi connectivity index (χ3v) is 3.19. The third kappa shape index (κ3) is 3.03. The average Bonchev–Trinajstić information content (AvgIpc) is 2.89. The molecular weight excluding hydrogens is 234 g/mol. The van der Waals surface area contributed by atoms with E-state index >= 15 is 0 Å². The SMILES string of the molecule is CC(C)c1nsc(NCCc2nccn2C)n1. The highest BCUT2D eigenvalue weighted by atomic mass is 32.1. The molecule has 5 nitrogen and oxygen atoms in total. The van der Waals surface area contributed by atoms with E-state index in [2.05, 4.69) is 33.5 Å². The number of aryl methyl sites for hydroxylation is 1. The second-order valence-corrected chi connectivity index (χ2v) is 5.00. The van der Waals surface area contributed by atoms with Crippen molar-refractivity contribution in [2.75, 3.05) is 11.9 Å². The lowest BCUT2D eigenvalue weighted by atomic mass is 10.2. The highest BCUT2D eigenvalue weighted by Gasteiger charge is 2.07. The maximum atomic E-state index is 4.42. The summed E-state index contributed by atoms with van der Waals surface area (Å²) in [5.74, 6) is 2.37. The van der Waals surface area contributed by atoms with Gasteiger partial charge in [0.05, 0.1) is 0 Å². The van der Waals surface area contributed by atoms with Crippen LogP contribution in [-0.2, 0) is 13.5 Å². The van der Waals surface area contributed by atoms with Crippen LogP contribution in [0.15, 0.2) is 12.4 Å². The molecule has 17 heavy (non-hydrogen) atoms. The van der Waals surface area contributed by atoms with Crippen molar-refractivity contribution in [1.29, 1.82) is 0 Å². The molecule has 1 N–H and O–H groups in total. The summed E-state index contributed by atoms with van der Waals surface area (Å²) in [5.41, 5.74) is 0. The Morgan fingerprint density at radius 3 is 2.88 bits per heavy atom. The van der Waals surface area contributed by atoms with Gasteiger partial charge in [0.1, 0.15) is 11.6 Å². The largest absolute Gasteiger partial charge is 0.360 e. The van der Waals surface area contributed by atoms with Crippen LogP contribution < -0.4 is 5.32 Å². The zero-order valence-electron chi connectivity index (χ0n) is 10.3. The van der Waals surface area contributed by atoms with E-state index in [9.17, 15) is 0 Å². The molecule has 0 saturated carbocycles. The van der Waals surface area contributed by atoms with Crippen LogP contribution in [0.1, 0.15) is 31.4 Å². The predicted octanol–water partition coefficient (Wildman–Crippen LogP) is 2.05. The summed E-state index contributed by atoms with van der Waals surface area (Å²) in [6, 6.07) is 0. The van der Waals surface area contributed by atoms with E-state index in [0.717, 1.165) is 29.7 Å². The Bertz CT molecular complexity index is 474. The molecule has 2 rings (SSSR count). The minimum Gasteiger partial charge on any atom is -0.360 e. The lowest BCUT2D eigenvalue weighted by molar-refractivity contribution is 0.784. The zero-order valence-corrected chi connectivity index (χ0v) is 11.2. The van der Waals surface area contributed by atoms with Crippen molar-refractivity contribution in [3.05, 3.63) is 24.0 Å². The van der Waals surface area contributed by atoms with E-state index in [1.165, 1.54) is 11.5 Å². The lowest BCUT2D eigenvalue weighted by Crippen LogP contribution is -2.08. The molecule has 0 bridgehead atoms. The van der Waals surface area contributed by atoms with E-state index in [-0.39, 0.29) is 0 Å². The lowest BCUT2D eigenvalue weighted by Gasteiger charge is -2.02. The molecule has 2 heterocycles. The summed E-state index contributed by atoms with van der Waals surface area (Å²) in [6.07, 6.45) is 4.66. The van der Waals surface area contributed by atoms with Gasteiger partial charge in [0.25, 0.3) is 0 Å². The molecule has 0 atom stereocenters. The van der Waals surface area contributed by atoms with Crippen LogP contribution in [0.3, 0.4) is 0 Å². The molecule has 0 aromatic carbocycles. The molecule has 2 aromatic rings. The molecule has 0 aliphatic rings. The first kappa shape index (κ1) is 12.0. The molecule has 92 valence electrons. The van der Waals surface area contributed by atoms with Gasteiger partial charge in [0.15, 0.2) is 0 Å². The van der Waals surface area contributed by atoms with E-state index in [0.29, 0.717) is 5.92 Å². The second-order valence-electron chi connectivity index (χ2n) is 4.24. The van der Waals surface area contributed by atoms with Crippen molar-refractivity contribution in [3.63, 3.8) is 0 Å². The number of rotatable bonds is 5. The third-order valence-electron chi connectivity index (χ3n) is 2.50. The minimum atomic E-state index is 0.386. The van der Waals surface area contributed by atoms with E-state index in [4.69, 9.17) is 0 Å². The number of aromatic nitrogens is 4. The van der Waals surface area contributed by atoms with E-state index in [1.54, 1.807) is 0 Å². The number of hydrogen-bond acceptors (Lipinski definition) is 5. The molecule has 0 amide bonds. The Morgan fingerprint density at radius 2 is 2.29 bits per heavy atom. The van der Waals surface area contributed by atoms with Crippen LogP contribution in [0, 0.1) is 0 Å². The summed E-state index contributed by atoms with van der Waals surface area (Å²) in [5, 5.41) is 4.17. The van der Waals surface area contributed by atoms with Crippen molar-refractivity contribution < 1.29 is 0 Å². The van der Waals surface area contributed by atoms with Gasteiger partial charge in [-0.3, -0.25) is 0 Å². The second kappa shape index (κ2) is 5.27. The van der Waals surface area contributed by atoms with Crippen LogP contribution in [0.5, 0.6) is 0 Å². The molecule has 2 aromatic heterocycles. The van der Waals surface area contributed by atoms with Crippen molar-refractivity contribution >= 4 is 16.7 Å². The Balaban J connectivity index is 1.84. The summed E-state index contributed by atoms with van der Waals surface area (Å²) in [6.45, 7) is 5.02. The first-order valence-electron chi connectivity index (χ1n) is 5.70. The van der Waals surface area contributed by atoms with Crippen molar-refractivity contribution in [2.45, 2.75) is 26.2 Å². The maximum absolute atomic E-state index is 4.42. The highest BCUT2D eigenvalue weighted by Crippen LogP contribution is 2.17. The van der Waals surface area contributed by atoms with E-state index < -0.39 is 0 Å². The van der Waals surface area contributed by atoms with Gasteiger partial charge in [-0.15, -0.1) is 0 Å². The predicted molar refractivity (Wildman–Crippen MR) is 69.4 cm³/mol. The molecule has 0 spiro atoms.